The Bertz CT molecular complexity index is 1190. The summed E-state index contributed by atoms with van der Waals surface area (Å²) in [5.41, 5.74) is 2.36. The lowest BCUT2D eigenvalue weighted by atomic mass is 10.1. The topological polar surface area (TPSA) is 81.0 Å². The van der Waals surface area contributed by atoms with E-state index in [4.69, 9.17) is 4.74 Å². The van der Waals surface area contributed by atoms with Crippen LogP contribution in [0, 0.1) is 6.92 Å². The fraction of sp³-hybridized carbons (Fsp3) is 0.333. The molecule has 2 aromatic carbocycles. The number of fused-ring (bicyclic) bond motifs is 1. The van der Waals surface area contributed by atoms with Crippen LogP contribution in [0.3, 0.4) is 0 Å². The van der Waals surface area contributed by atoms with Crippen molar-refractivity contribution in [1.29, 1.82) is 0 Å². The van der Waals surface area contributed by atoms with Gasteiger partial charge in [-0.15, -0.1) is 0 Å². The minimum atomic E-state index is -0.616. The number of rotatable bonds is 7. The van der Waals surface area contributed by atoms with Gasteiger partial charge in [0, 0.05) is 12.6 Å². The van der Waals surface area contributed by atoms with E-state index in [9.17, 15) is 14.4 Å². The zero-order chi connectivity index (χ0) is 23.3. The SMILES string of the molecule is CCOC(=O)CN(C)C(=O)C(CC)n1c(=NC(=O)c2ccc(C)cc2)sc2ccccc21. The van der Waals surface area contributed by atoms with Gasteiger partial charge in [-0.05, 0) is 44.5 Å². The normalized spacial score (nSPS) is 12.6. The minimum absolute atomic E-state index is 0.138. The van der Waals surface area contributed by atoms with E-state index in [-0.39, 0.29) is 25.0 Å². The van der Waals surface area contributed by atoms with Gasteiger partial charge in [0.2, 0.25) is 5.91 Å². The lowest BCUT2D eigenvalue weighted by molar-refractivity contribution is -0.149. The Balaban J connectivity index is 2.05. The molecule has 0 bridgehead atoms. The number of nitrogens with zero attached hydrogens (tertiary/aromatic N) is 3. The van der Waals surface area contributed by atoms with Gasteiger partial charge in [0.25, 0.3) is 5.91 Å². The average Bonchev–Trinajstić information content (AvgIpc) is 3.12. The van der Waals surface area contributed by atoms with E-state index in [0.717, 1.165) is 15.8 Å². The maximum absolute atomic E-state index is 13.3. The molecule has 0 saturated carbocycles. The quantitative estimate of drug-likeness (QED) is 0.511. The van der Waals surface area contributed by atoms with Crippen molar-refractivity contribution in [3.63, 3.8) is 0 Å². The van der Waals surface area contributed by atoms with Gasteiger partial charge in [-0.1, -0.05) is 48.1 Å². The fourth-order valence-corrected chi connectivity index (χ4v) is 4.49. The predicted octanol–water partition coefficient (Wildman–Crippen LogP) is 3.72. The number of para-hydroxylation sites is 1. The second kappa shape index (κ2) is 10.4. The van der Waals surface area contributed by atoms with Crippen LogP contribution in [0.1, 0.15) is 42.2 Å². The summed E-state index contributed by atoms with van der Waals surface area (Å²) in [7, 11) is 1.57. The molecule has 1 aromatic heterocycles. The highest BCUT2D eigenvalue weighted by molar-refractivity contribution is 7.16. The zero-order valence-corrected chi connectivity index (χ0v) is 19.5. The Kier molecular flexibility index (Phi) is 7.58. The van der Waals surface area contributed by atoms with Crippen LogP contribution in [0.15, 0.2) is 53.5 Å². The molecule has 0 aliphatic carbocycles. The molecule has 0 aliphatic rings. The number of benzene rings is 2. The van der Waals surface area contributed by atoms with E-state index in [0.29, 0.717) is 16.8 Å². The van der Waals surface area contributed by atoms with Crippen LogP contribution in [-0.2, 0) is 14.3 Å². The highest BCUT2D eigenvalue weighted by Gasteiger charge is 2.26. The number of aromatic nitrogens is 1. The van der Waals surface area contributed by atoms with Gasteiger partial charge in [0.05, 0.1) is 16.8 Å². The van der Waals surface area contributed by atoms with Gasteiger partial charge < -0.3 is 14.2 Å². The van der Waals surface area contributed by atoms with Crippen molar-refractivity contribution in [2.24, 2.45) is 4.99 Å². The van der Waals surface area contributed by atoms with Gasteiger partial charge in [0.1, 0.15) is 12.6 Å². The van der Waals surface area contributed by atoms with Crippen LogP contribution in [0.2, 0.25) is 0 Å². The highest BCUT2D eigenvalue weighted by atomic mass is 32.1. The second-order valence-electron chi connectivity index (χ2n) is 7.43. The number of amides is 2. The molecule has 168 valence electrons. The van der Waals surface area contributed by atoms with Crippen LogP contribution >= 0.6 is 11.3 Å². The molecule has 1 atom stereocenters. The number of esters is 1. The van der Waals surface area contributed by atoms with E-state index in [1.54, 1.807) is 30.7 Å². The van der Waals surface area contributed by atoms with Crippen LogP contribution < -0.4 is 4.80 Å². The number of thiazole rings is 1. The number of likely N-dealkylation sites (N-methyl/N-ethyl adjacent to an activating group) is 1. The number of hydrogen-bond acceptors (Lipinski definition) is 5. The smallest absolute Gasteiger partial charge is 0.325 e. The summed E-state index contributed by atoms with van der Waals surface area (Å²) in [6.07, 6.45) is 0.471. The third-order valence-corrected chi connectivity index (χ3v) is 6.09. The molecule has 0 N–H and O–H groups in total. The summed E-state index contributed by atoms with van der Waals surface area (Å²) in [6, 6.07) is 14.2. The zero-order valence-electron chi connectivity index (χ0n) is 18.7. The number of carbonyl (C=O) groups is 3. The summed E-state index contributed by atoms with van der Waals surface area (Å²) in [6.45, 7) is 5.69. The molecule has 0 saturated heterocycles. The Morgan fingerprint density at radius 1 is 1.09 bits per heavy atom. The van der Waals surface area contributed by atoms with E-state index in [1.165, 1.54) is 16.2 Å². The average molecular weight is 454 g/mol. The lowest BCUT2D eigenvalue weighted by Crippen LogP contribution is -2.40. The standard InChI is InChI=1S/C24H27N3O4S/c1-5-18(23(30)26(4)15-21(28)31-6-2)27-19-9-7-8-10-20(19)32-24(27)25-22(29)17-13-11-16(3)12-14-17/h7-14,18H,5-6,15H2,1-4H3. The minimum Gasteiger partial charge on any atom is -0.465 e. The molecule has 7 nitrogen and oxygen atoms in total. The highest BCUT2D eigenvalue weighted by Crippen LogP contribution is 2.24. The fourth-order valence-electron chi connectivity index (χ4n) is 3.42. The van der Waals surface area contributed by atoms with Crippen LogP contribution in [0.4, 0.5) is 0 Å². The molecular formula is C24H27N3O4S. The number of aryl methyl sites for hydroxylation is 1. The van der Waals surface area contributed by atoms with Gasteiger partial charge in [-0.3, -0.25) is 14.4 Å². The maximum Gasteiger partial charge on any atom is 0.325 e. The molecule has 0 spiro atoms. The first-order valence-electron chi connectivity index (χ1n) is 10.5. The third-order valence-electron chi connectivity index (χ3n) is 5.06. The Labute approximate surface area is 191 Å². The number of ether oxygens (including phenoxy) is 1. The molecule has 3 rings (SSSR count). The van der Waals surface area contributed by atoms with E-state index in [1.807, 2.05) is 50.2 Å². The summed E-state index contributed by atoms with van der Waals surface area (Å²) >= 11 is 1.36. The first-order chi connectivity index (χ1) is 15.3. The van der Waals surface area contributed by atoms with Crippen molar-refractivity contribution >= 4 is 39.3 Å². The molecule has 8 heteroatoms. The summed E-state index contributed by atoms with van der Waals surface area (Å²) in [5.74, 6) is -1.07. The van der Waals surface area contributed by atoms with Crippen LogP contribution in [-0.4, -0.2) is 47.4 Å². The Hall–Kier alpha value is -3.26. The molecule has 0 radical (unpaired) electrons. The van der Waals surface area contributed by atoms with E-state index >= 15 is 0 Å². The van der Waals surface area contributed by atoms with Crippen LogP contribution in [0.5, 0.6) is 0 Å². The van der Waals surface area contributed by atoms with Crippen molar-refractivity contribution in [2.45, 2.75) is 33.2 Å². The van der Waals surface area contributed by atoms with Crippen molar-refractivity contribution in [2.75, 3.05) is 20.2 Å². The molecule has 0 fully saturated rings. The first-order valence-corrected chi connectivity index (χ1v) is 11.3. The molecule has 32 heavy (non-hydrogen) atoms. The molecule has 3 aromatic rings. The van der Waals surface area contributed by atoms with Gasteiger partial charge >= 0.3 is 5.97 Å². The van der Waals surface area contributed by atoms with E-state index in [2.05, 4.69) is 4.99 Å². The number of hydrogen-bond donors (Lipinski definition) is 0. The molecule has 1 unspecified atom stereocenters. The van der Waals surface area contributed by atoms with Gasteiger partial charge in [-0.25, -0.2) is 0 Å². The van der Waals surface area contributed by atoms with E-state index < -0.39 is 12.0 Å². The summed E-state index contributed by atoms with van der Waals surface area (Å²) in [4.78, 5) is 44.2. The summed E-state index contributed by atoms with van der Waals surface area (Å²) in [5, 5.41) is 0. The first kappa shape index (κ1) is 23.4. The second-order valence-corrected chi connectivity index (χ2v) is 8.44. The maximum atomic E-state index is 13.3. The molecule has 0 aliphatic heterocycles. The predicted molar refractivity (Wildman–Crippen MR) is 124 cm³/mol. The van der Waals surface area contributed by atoms with Crippen LogP contribution in [0.25, 0.3) is 10.2 Å². The summed E-state index contributed by atoms with van der Waals surface area (Å²) < 4.78 is 7.69. The van der Waals surface area contributed by atoms with Gasteiger partial charge in [0.15, 0.2) is 4.80 Å². The van der Waals surface area contributed by atoms with Crippen molar-refractivity contribution in [3.05, 3.63) is 64.5 Å². The van der Waals surface area contributed by atoms with Gasteiger partial charge in [-0.2, -0.15) is 4.99 Å². The monoisotopic (exact) mass is 453 g/mol. The van der Waals surface area contributed by atoms with Crippen molar-refractivity contribution < 1.29 is 19.1 Å². The molecular weight excluding hydrogens is 426 g/mol. The number of carbonyl (C=O) groups excluding carboxylic acids is 3. The third kappa shape index (κ3) is 5.13. The van der Waals surface area contributed by atoms with Crippen molar-refractivity contribution in [1.82, 2.24) is 9.47 Å². The lowest BCUT2D eigenvalue weighted by Gasteiger charge is -2.24. The largest absolute Gasteiger partial charge is 0.465 e. The Morgan fingerprint density at radius 2 is 1.78 bits per heavy atom. The Morgan fingerprint density at radius 3 is 2.44 bits per heavy atom. The molecule has 1 heterocycles. The van der Waals surface area contributed by atoms with Crippen molar-refractivity contribution in [3.8, 4) is 0 Å². The molecule has 2 amide bonds.